The van der Waals surface area contributed by atoms with Crippen molar-refractivity contribution >= 4 is 22.4 Å². The van der Waals surface area contributed by atoms with Crippen LogP contribution in [0.2, 0.25) is 0 Å². The summed E-state index contributed by atoms with van der Waals surface area (Å²) in [6.07, 6.45) is 4.77. The number of amides is 1. The van der Waals surface area contributed by atoms with Crippen LogP contribution in [0.1, 0.15) is 36.6 Å². The second-order valence-corrected chi connectivity index (χ2v) is 6.23. The molecule has 1 aliphatic carbocycles. The van der Waals surface area contributed by atoms with E-state index in [1.54, 1.807) is 0 Å². The third-order valence-corrected chi connectivity index (χ3v) is 4.58. The lowest BCUT2D eigenvalue weighted by atomic mass is 10.1. The Morgan fingerprint density at radius 3 is 2.73 bits per heavy atom. The molecule has 22 heavy (non-hydrogen) atoms. The van der Waals surface area contributed by atoms with Gasteiger partial charge in [0.25, 0.3) is 5.91 Å². The molecule has 1 fully saturated rings. The van der Waals surface area contributed by atoms with Crippen LogP contribution in [0.3, 0.4) is 0 Å². The maximum Gasteiger partial charge on any atom is 0.264 e. The van der Waals surface area contributed by atoms with Crippen LogP contribution < -0.4 is 10.1 Å². The van der Waals surface area contributed by atoms with Crippen LogP contribution in [-0.4, -0.2) is 22.7 Å². The van der Waals surface area contributed by atoms with E-state index in [2.05, 4.69) is 15.5 Å². The molecule has 0 atom stereocenters. The second-order valence-electron chi connectivity index (χ2n) is 5.22. The average molecular weight is 321 g/mol. The van der Waals surface area contributed by atoms with E-state index in [-0.39, 0.29) is 18.3 Å². The summed E-state index contributed by atoms with van der Waals surface area (Å²) in [6.45, 7) is -0.149. The zero-order valence-electron chi connectivity index (χ0n) is 11.9. The summed E-state index contributed by atoms with van der Waals surface area (Å²) >= 11 is 1.42. The number of anilines is 1. The minimum Gasteiger partial charge on any atom is -0.484 e. The largest absolute Gasteiger partial charge is 0.484 e. The van der Waals surface area contributed by atoms with Gasteiger partial charge in [0.2, 0.25) is 5.13 Å². The summed E-state index contributed by atoms with van der Waals surface area (Å²) in [6, 6.07) is 5.52. The molecule has 0 spiro atoms. The molecule has 1 aliphatic rings. The molecular formula is C15H16FN3O2S. The highest BCUT2D eigenvalue weighted by Crippen LogP contribution is 2.36. The van der Waals surface area contributed by atoms with E-state index in [0.717, 1.165) is 17.8 Å². The zero-order chi connectivity index (χ0) is 15.4. The van der Waals surface area contributed by atoms with Crippen molar-refractivity contribution in [3.05, 3.63) is 35.1 Å². The molecule has 2 aromatic rings. The van der Waals surface area contributed by atoms with Gasteiger partial charge in [0, 0.05) is 5.92 Å². The van der Waals surface area contributed by atoms with Gasteiger partial charge in [-0.15, -0.1) is 10.2 Å². The Bertz CT molecular complexity index is 638. The van der Waals surface area contributed by atoms with Crippen LogP contribution in [0.4, 0.5) is 9.52 Å². The van der Waals surface area contributed by atoms with Crippen LogP contribution in [0, 0.1) is 5.82 Å². The third-order valence-electron chi connectivity index (χ3n) is 3.57. The van der Waals surface area contributed by atoms with E-state index in [1.807, 2.05) is 0 Å². The fourth-order valence-electron chi connectivity index (χ4n) is 2.46. The smallest absolute Gasteiger partial charge is 0.264 e. The van der Waals surface area contributed by atoms with Gasteiger partial charge in [0.15, 0.2) is 6.61 Å². The normalized spacial score (nSPS) is 15.0. The number of rotatable bonds is 5. The lowest BCUT2D eigenvalue weighted by Gasteiger charge is -2.05. The monoisotopic (exact) mass is 321 g/mol. The fraction of sp³-hybridized carbons (Fsp3) is 0.400. The first-order valence-electron chi connectivity index (χ1n) is 7.22. The number of nitrogens with zero attached hydrogens (tertiary/aromatic N) is 2. The quantitative estimate of drug-likeness (QED) is 0.917. The summed E-state index contributed by atoms with van der Waals surface area (Å²) in [5.74, 6) is 0.280. The Morgan fingerprint density at radius 2 is 2.00 bits per heavy atom. The average Bonchev–Trinajstić information content (AvgIpc) is 3.17. The van der Waals surface area contributed by atoms with E-state index in [0.29, 0.717) is 16.8 Å². The second kappa shape index (κ2) is 6.83. The molecule has 1 saturated carbocycles. The molecule has 0 radical (unpaired) electrons. The molecular weight excluding hydrogens is 305 g/mol. The minimum absolute atomic E-state index is 0.149. The van der Waals surface area contributed by atoms with E-state index in [4.69, 9.17) is 4.74 Å². The molecule has 0 unspecified atom stereocenters. The van der Waals surface area contributed by atoms with Gasteiger partial charge in [-0.1, -0.05) is 24.2 Å². The van der Waals surface area contributed by atoms with Gasteiger partial charge in [0.05, 0.1) is 0 Å². The number of aromatic nitrogens is 2. The molecule has 0 aliphatic heterocycles. The van der Waals surface area contributed by atoms with Crippen molar-refractivity contribution in [2.45, 2.75) is 31.6 Å². The highest BCUT2D eigenvalue weighted by Gasteiger charge is 2.21. The number of hydrogen-bond acceptors (Lipinski definition) is 5. The van der Waals surface area contributed by atoms with Crippen molar-refractivity contribution in [1.29, 1.82) is 0 Å². The standard InChI is InChI=1S/C15H16FN3O2S/c16-11-5-7-12(8-6-11)21-9-13(20)17-15-19-18-14(22-15)10-3-1-2-4-10/h5-8,10H,1-4,9H2,(H,17,19,20). The minimum atomic E-state index is -0.342. The van der Waals surface area contributed by atoms with Crippen LogP contribution in [0.15, 0.2) is 24.3 Å². The van der Waals surface area contributed by atoms with Crippen molar-refractivity contribution in [1.82, 2.24) is 10.2 Å². The molecule has 7 heteroatoms. The summed E-state index contributed by atoms with van der Waals surface area (Å²) < 4.78 is 18.0. The van der Waals surface area contributed by atoms with Crippen molar-refractivity contribution in [3.63, 3.8) is 0 Å². The number of ether oxygens (including phenoxy) is 1. The summed E-state index contributed by atoms with van der Waals surface area (Å²) in [7, 11) is 0. The van der Waals surface area contributed by atoms with Crippen molar-refractivity contribution in [3.8, 4) is 5.75 Å². The van der Waals surface area contributed by atoms with Gasteiger partial charge in [-0.2, -0.15) is 0 Å². The first kappa shape index (κ1) is 14.9. The Labute approximate surface area is 131 Å². The van der Waals surface area contributed by atoms with Crippen molar-refractivity contribution in [2.75, 3.05) is 11.9 Å². The third kappa shape index (κ3) is 3.79. The van der Waals surface area contributed by atoms with Gasteiger partial charge in [0.1, 0.15) is 16.6 Å². The molecule has 3 rings (SSSR count). The maximum absolute atomic E-state index is 12.8. The number of halogens is 1. The zero-order valence-corrected chi connectivity index (χ0v) is 12.7. The van der Waals surface area contributed by atoms with E-state index >= 15 is 0 Å². The topological polar surface area (TPSA) is 64.1 Å². The number of hydrogen-bond donors (Lipinski definition) is 1. The predicted octanol–water partition coefficient (Wildman–Crippen LogP) is 3.35. The van der Waals surface area contributed by atoms with Crippen molar-refractivity contribution in [2.24, 2.45) is 0 Å². The first-order chi connectivity index (χ1) is 10.7. The van der Waals surface area contributed by atoms with Gasteiger partial charge in [-0.05, 0) is 37.1 Å². The van der Waals surface area contributed by atoms with Crippen LogP contribution in [-0.2, 0) is 4.79 Å². The van der Waals surface area contributed by atoms with Gasteiger partial charge >= 0.3 is 0 Å². The fourth-order valence-corrected chi connectivity index (χ4v) is 3.39. The van der Waals surface area contributed by atoms with Crippen molar-refractivity contribution < 1.29 is 13.9 Å². The number of carbonyl (C=O) groups is 1. The lowest BCUT2D eigenvalue weighted by Crippen LogP contribution is -2.20. The Hall–Kier alpha value is -2.02. The number of benzene rings is 1. The molecule has 5 nitrogen and oxygen atoms in total. The molecule has 0 saturated heterocycles. The van der Waals surface area contributed by atoms with E-state index in [9.17, 15) is 9.18 Å². The molecule has 1 N–H and O–H groups in total. The van der Waals surface area contributed by atoms with E-state index < -0.39 is 0 Å². The molecule has 116 valence electrons. The lowest BCUT2D eigenvalue weighted by molar-refractivity contribution is -0.118. The van der Waals surface area contributed by atoms with Crippen LogP contribution in [0.25, 0.3) is 0 Å². The van der Waals surface area contributed by atoms with Gasteiger partial charge < -0.3 is 4.74 Å². The number of nitrogens with one attached hydrogen (secondary N) is 1. The highest BCUT2D eigenvalue weighted by molar-refractivity contribution is 7.15. The summed E-state index contributed by atoms with van der Waals surface area (Å²) in [5.41, 5.74) is 0. The summed E-state index contributed by atoms with van der Waals surface area (Å²) in [4.78, 5) is 11.8. The van der Waals surface area contributed by atoms with Gasteiger partial charge in [-0.3, -0.25) is 10.1 Å². The highest BCUT2D eigenvalue weighted by atomic mass is 32.1. The Morgan fingerprint density at radius 1 is 1.27 bits per heavy atom. The molecule has 1 aromatic heterocycles. The number of carbonyl (C=O) groups excluding carboxylic acids is 1. The summed E-state index contributed by atoms with van der Waals surface area (Å²) in [5, 5.41) is 12.3. The van der Waals surface area contributed by atoms with Gasteiger partial charge in [-0.25, -0.2) is 4.39 Å². The SMILES string of the molecule is O=C(COc1ccc(F)cc1)Nc1nnc(C2CCCC2)s1. The first-order valence-corrected chi connectivity index (χ1v) is 8.04. The predicted molar refractivity (Wildman–Crippen MR) is 81.6 cm³/mol. The Kier molecular flexibility index (Phi) is 4.62. The maximum atomic E-state index is 12.8. The van der Waals surface area contributed by atoms with Crippen LogP contribution in [0.5, 0.6) is 5.75 Å². The molecule has 1 heterocycles. The van der Waals surface area contributed by atoms with Crippen LogP contribution >= 0.6 is 11.3 Å². The Balaban J connectivity index is 1.50. The van der Waals surface area contributed by atoms with E-state index in [1.165, 1.54) is 48.4 Å². The molecule has 1 aromatic carbocycles. The molecule has 0 bridgehead atoms. The molecule has 1 amide bonds.